The smallest absolute Gasteiger partial charge is 0.136 e. The molecule has 0 fully saturated rings. The van der Waals surface area contributed by atoms with Crippen LogP contribution in [0.3, 0.4) is 0 Å². The van der Waals surface area contributed by atoms with E-state index in [0.717, 1.165) is 27.4 Å². The summed E-state index contributed by atoms with van der Waals surface area (Å²) in [5.41, 5.74) is 1.01. The summed E-state index contributed by atoms with van der Waals surface area (Å²) in [6.07, 6.45) is 1.66. The Bertz CT molecular complexity index is 692. The molecule has 2 aromatic carbocycles. The van der Waals surface area contributed by atoms with Crippen molar-refractivity contribution in [1.29, 1.82) is 0 Å². The molecule has 3 nitrogen and oxygen atoms in total. The van der Waals surface area contributed by atoms with E-state index in [4.69, 9.17) is 9.15 Å². The van der Waals surface area contributed by atoms with Gasteiger partial charge in [0.25, 0.3) is 0 Å². The summed E-state index contributed by atoms with van der Waals surface area (Å²) in [6, 6.07) is 19.4. The van der Waals surface area contributed by atoms with Gasteiger partial charge >= 0.3 is 0 Å². The largest absolute Gasteiger partial charge is 0.466 e. The Hall–Kier alpha value is -2.20. The molecule has 21 heavy (non-hydrogen) atoms. The van der Waals surface area contributed by atoms with Crippen LogP contribution in [0.2, 0.25) is 0 Å². The molecule has 0 aliphatic heterocycles. The van der Waals surface area contributed by atoms with Crippen molar-refractivity contribution >= 4 is 21.6 Å². The topological polar surface area (TPSA) is 34.4 Å². The number of hydrogen-bond donors (Lipinski definition) is 1. The van der Waals surface area contributed by atoms with E-state index in [1.54, 1.807) is 6.26 Å². The Kier molecular flexibility index (Phi) is 4.26. The lowest BCUT2D eigenvalue weighted by Crippen LogP contribution is -1.98. The number of hydrogen-bond acceptors (Lipinski definition) is 3. The van der Waals surface area contributed by atoms with E-state index in [0.29, 0.717) is 6.54 Å². The van der Waals surface area contributed by atoms with E-state index < -0.39 is 0 Å². The van der Waals surface area contributed by atoms with Crippen molar-refractivity contribution in [3.8, 4) is 11.5 Å². The van der Waals surface area contributed by atoms with Gasteiger partial charge in [-0.05, 0) is 58.4 Å². The zero-order valence-electron chi connectivity index (χ0n) is 11.3. The first-order valence-electron chi connectivity index (χ1n) is 6.60. The maximum Gasteiger partial charge on any atom is 0.136 e. The molecule has 0 amide bonds. The Labute approximate surface area is 131 Å². The summed E-state index contributed by atoms with van der Waals surface area (Å²) in [5.74, 6) is 2.52. The standard InChI is InChI=1S/C17H14BrNO2/c18-16-10-11-20-17(16)12-19-13-6-8-15(9-7-13)21-14-4-2-1-3-5-14/h1-11,19H,12H2. The van der Waals surface area contributed by atoms with Crippen molar-refractivity contribution < 1.29 is 9.15 Å². The zero-order valence-corrected chi connectivity index (χ0v) is 12.8. The van der Waals surface area contributed by atoms with Gasteiger partial charge in [-0.3, -0.25) is 0 Å². The summed E-state index contributed by atoms with van der Waals surface area (Å²) in [6.45, 7) is 0.631. The van der Waals surface area contributed by atoms with Crippen LogP contribution in [0.25, 0.3) is 0 Å². The molecule has 4 heteroatoms. The Morgan fingerprint density at radius 1 is 0.905 bits per heavy atom. The fourth-order valence-electron chi connectivity index (χ4n) is 1.90. The number of nitrogens with one attached hydrogen (secondary N) is 1. The van der Waals surface area contributed by atoms with Gasteiger partial charge in [0.05, 0.1) is 17.3 Å². The molecule has 1 aromatic heterocycles. The summed E-state index contributed by atoms with van der Waals surface area (Å²) >= 11 is 3.43. The lowest BCUT2D eigenvalue weighted by Gasteiger charge is -2.08. The molecule has 0 aliphatic rings. The van der Waals surface area contributed by atoms with Crippen molar-refractivity contribution in [3.63, 3.8) is 0 Å². The van der Waals surface area contributed by atoms with Crippen molar-refractivity contribution in [2.45, 2.75) is 6.54 Å². The van der Waals surface area contributed by atoms with Crippen molar-refractivity contribution in [2.24, 2.45) is 0 Å². The predicted molar refractivity (Wildman–Crippen MR) is 86.7 cm³/mol. The first kappa shape index (κ1) is 13.8. The van der Waals surface area contributed by atoms with Crippen LogP contribution in [0.4, 0.5) is 5.69 Å². The lowest BCUT2D eigenvalue weighted by atomic mass is 10.3. The van der Waals surface area contributed by atoms with Gasteiger partial charge < -0.3 is 14.5 Å². The molecule has 1 N–H and O–H groups in total. The van der Waals surface area contributed by atoms with Crippen LogP contribution in [0.5, 0.6) is 11.5 Å². The summed E-state index contributed by atoms with van der Waals surface area (Å²) < 4.78 is 12.1. The first-order chi connectivity index (χ1) is 10.3. The second kappa shape index (κ2) is 6.50. The summed E-state index contributed by atoms with van der Waals surface area (Å²) in [7, 11) is 0. The molecule has 0 unspecified atom stereocenters. The highest BCUT2D eigenvalue weighted by atomic mass is 79.9. The van der Waals surface area contributed by atoms with Gasteiger partial charge in [0.1, 0.15) is 17.3 Å². The van der Waals surface area contributed by atoms with E-state index in [2.05, 4.69) is 21.2 Å². The summed E-state index contributed by atoms with van der Waals surface area (Å²) in [5, 5.41) is 3.30. The minimum absolute atomic E-state index is 0.631. The van der Waals surface area contributed by atoms with Crippen LogP contribution in [0, 0.1) is 0 Å². The van der Waals surface area contributed by atoms with Crippen LogP contribution in [0.15, 0.2) is 75.8 Å². The van der Waals surface area contributed by atoms with Crippen LogP contribution < -0.4 is 10.1 Å². The van der Waals surface area contributed by atoms with E-state index in [9.17, 15) is 0 Å². The summed E-state index contributed by atoms with van der Waals surface area (Å²) in [4.78, 5) is 0. The highest BCUT2D eigenvalue weighted by Gasteiger charge is 2.03. The third-order valence-corrected chi connectivity index (χ3v) is 3.68. The molecular weight excluding hydrogens is 330 g/mol. The number of anilines is 1. The molecule has 3 aromatic rings. The number of halogens is 1. The number of para-hydroxylation sites is 1. The fourth-order valence-corrected chi connectivity index (χ4v) is 2.24. The number of rotatable bonds is 5. The minimum atomic E-state index is 0.631. The molecule has 106 valence electrons. The third-order valence-electron chi connectivity index (χ3n) is 2.98. The minimum Gasteiger partial charge on any atom is -0.466 e. The molecule has 0 bridgehead atoms. The number of furan rings is 1. The lowest BCUT2D eigenvalue weighted by molar-refractivity contribution is 0.483. The maximum atomic E-state index is 5.75. The number of ether oxygens (including phenoxy) is 1. The highest BCUT2D eigenvalue weighted by Crippen LogP contribution is 2.23. The Morgan fingerprint density at radius 3 is 2.29 bits per heavy atom. The van der Waals surface area contributed by atoms with E-state index in [1.807, 2.05) is 60.7 Å². The molecule has 0 atom stereocenters. The Morgan fingerprint density at radius 2 is 1.62 bits per heavy atom. The quantitative estimate of drug-likeness (QED) is 0.669. The van der Waals surface area contributed by atoms with Gasteiger partial charge in [0.2, 0.25) is 0 Å². The van der Waals surface area contributed by atoms with E-state index >= 15 is 0 Å². The average molecular weight is 344 g/mol. The molecule has 3 rings (SSSR count). The van der Waals surface area contributed by atoms with Gasteiger partial charge in [0.15, 0.2) is 0 Å². The molecule has 0 saturated carbocycles. The predicted octanol–water partition coefficient (Wildman–Crippen LogP) is 5.45. The maximum absolute atomic E-state index is 5.75. The van der Waals surface area contributed by atoms with Gasteiger partial charge in [-0.1, -0.05) is 18.2 Å². The highest BCUT2D eigenvalue weighted by molar-refractivity contribution is 9.10. The van der Waals surface area contributed by atoms with Crippen LogP contribution >= 0.6 is 15.9 Å². The zero-order chi connectivity index (χ0) is 14.5. The molecular formula is C17H14BrNO2. The van der Waals surface area contributed by atoms with E-state index in [1.165, 1.54) is 0 Å². The van der Waals surface area contributed by atoms with Crippen molar-refractivity contribution in [3.05, 3.63) is 77.2 Å². The van der Waals surface area contributed by atoms with Gasteiger partial charge in [-0.25, -0.2) is 0 Å². The normalized spacial score (nSPS) is 10.3. The van der Waals surface area contributed by atoms with Gasteiger partial charge in [-0.15, -0.1) is 0 Å². The molecule has 1 heterocycles. The van der Waals surface area contributed by atoms with Crippen LogP contribution in [0.1, 0.15) is 5.76 Å². The van der Waals surface area contributed by atoms with Crippen LogP contribution in [-0.2, 0) is 6.54 Å². The van der Waals surface area contributed by atoms with Gasteiger partial charge in [0, 0.05) is 5.69 Å². The van der Waals surface area contributed by atoms with Gasteiger partial charge in [-0.2, -0.15) is 0 Å². The molecule has 0 saturated heterocycles. The fraction of sp³-hybridized carbons (Fsp3) is 0.0588. The second-order valence-electron chi connectivity index (χ2n) is 4.48. The second-order valence-corrected chi connectivity index (χ2v) is 5.34. The first-order valence-corrected chi connectivity index (χ1v) is 7.39. The SMILES string of the molecule is Brc1ccoc1CNc1ccc(Oc2ccccc2)cc1. The van der Waals surface area contributed by atoms with Crippen LogP contribution in [-0.4, -0.2) is 0 Å². The van der Waals surface area contributed by atoms with Crippen molar-refractivity contribution in [2.75, 3.05) is 5.32 Å². The number of benzene rings is 2. The monoisotopic (exact) mass is 343 g/mol. The average Bonchev–Trinajstić information content (AvgIpc) is 2.93. The third kappa shape index (κ3) is 3.67. The molecule has 0 radical (unpaired) electrons. The van der Waals surface area contributed by atoms with Crippen molar-refractivity contribution in [1.82, 2.24) is 0 Å². The van der Waals surface area contributed by atoms with E-state index in [-0.39, 0.29) is 0 Å². The Balaban J connectivity index is 1.60. The molecule has 0 aliphatic carbocycles. The molecule has 0 spiro atoms.